The zero-order valence-corrected chi connectivity index (χ0v) is 14.5. The van der Waals surface area contributed by atoms with E-state index in [1.165, 1.54) is 0 Å². The quantitative estimate of drug-likeness (QED) is 0.426. The molecule has 1 heterocycles. The fourth-order valence-electron chi connectivity index (χ4n) is 2.05. The summed E-state index contributed by atoms with van der Waals surface area (Å²) in [5.74, 6) is -0.269. The lowest BCUT2D eigenvalue weighted by Gasteiger charge is -2.28. The van der Waals surface area contributed by atoms with Crippen LogP contribution in [0.3, 0.4) is 0 Å². The molecule has 22 heavy (non-hydrogen) atoms. The lowest BCUT2D eigenvalue weighted by Crippen LogP contribution is -2.44. The Balaban J connectivity index is 2.57. The molecule has 2 unspecified atom stereocenters. The van der Waals surface area contributed by atoms with E-state index in [0.717, 1.165) is 12.8 Å². The summed E-state index contributed by atoms with van der Waals surface area (Å²) in [4.78, 5) is 13.6. The molecule has 6 nitrogen and oxygen atoms in total. The van der Waals surface area contributed by atoms with Crippen molar-refractivity contribution >= 4 is 17.5 Å². The van der Waals surface area contributed by atoms with Crippen LogP contribution in [0.15, 0.2) is 0 Å². The van der Waals surface area contributed by atoms with Gasteiger partial charge in [0, 0.05) is 13.2 Å². The van der Waals surface area contributed by atoms with Gasteiger partial charge in [-0.15, -0.1) is 11.6 Å². The third kappa shape index (κ3) is 7.24. The minimum Gasteiger partial charge on any atom is -0.351 e. The van der Waals surface area contributed by atoms with Gasteiger partial charge in [-0.2, -0.15) is 0 Å². The van der Waals surface area contributed by atoms with Crippen molar-refractivity contribution < 1.29 is 23.7 Å². The normalized spacial score (nSPS) is 21.5. The first-order chi connectivity index (χ1) is 10.6. The summed E-state index contributed by atoms with van der Waals surface area (Å²) < 4.78 is 22.4. The summed E-state index contributed by atoms with van der Waals surface area (Å²) in [6.07, 6.45) is 0.955. The van der Waals surface area contributed by atoms with Crippen LogP contribution in [-0.2, 0) is 23.7 Å². The summed E-state index contributed by atoms with van der Waals surface area (Å²) in [7, 11) is 0. The molecule has 0 radical (unpaired) electrons. The molecule has 1 amide bonds. The molecule has 1 aliphatic rings. The van der Waals surface area contributed by atoms with Crippen molar-refractivity contribution in [1.29, 1.82) is 0 Å². The molecule has 0 saturated carbocycles. The van der Waals surface area contributed by atoms with E-state index >= 15 is 0 Å². The van der Waals surface area contributed by atoms with Crippen molar-refractivity contribution in [3.63, 3.8) is 0 Å². The zero-order chi connectivity index (χ0) is 16.4. The monoisotopic (exact) mass is 337 g/mol. The maximum atomic E-state index is 12.0. The van der Waals surface area contributed by atoms with Crippen LogP contribution in [0.2, 0.25) is 0 Å². The summed E-state index contributed by atoms with van der Waals surface area (Å²) >= 11 is 5.70. The van der Waals surface area contributed by atoms with Crippen LogP contribution in [0.4, 0.5) is 0 Å². The number of amides is 1. The molecule has 0 aromatic rings. The number of hydrogen-bond donors (Lipinski definition) is 0. The number of nitrogens with zero attached hydrogens (tertiary/aromatic N) is 1. The molecule has 1 fully saturated rings. The number of rotatable bonds is 11. The van der Waals surface area contributed by atoms with E-state index in [4.69, 9.17) is 30.5 Å². The van der Waals surface area contributed by atoms with Gasteiger partial charge in [-0.3, -0.25) is 4.79 Å². The van der Waals surface area contributed by atoms with Crippen LogP contribution < -0.4 is 0 Å². The summed E-state index contributed by atoms with van der Waals surface area (Å²) in [6.45, 7) is 8.36. The maximum Gasteiger partial charge on any atom is 0.237 e. The molecular formula is C15H28ClNO5. The van der Waals surface area contributed by atoms with Crippen LogP contribution in [0, 0.1) is 0 Å². The average Bonchev–Trinajstić information content (AvgIpc) is 2.93. The molecule has 0 bridgehead atoms. The Labute approximate surface area is 138 Å². The number of carbonyl (C=O) groups excluding carboxylic acids is 1. The largest absolute Gasteiger partial charge is 0.351 e. The second kappa shape index (κ2) is 11.2. The van der Waals surface area contributed by atoms with Crippen LogP contribution >= 0.6 is 11.6 Å². The van der Waals surface area contributed by atoms with Gasteiger partial charge in [-0.1, -0.05) is 13.8 Å². The van der Waals surface area contributed by atoms with Gasteiger partial charge in [0.15, 0.2) is 12.6 Å². The highest BCUT2D eigenvalue weighted by molar-refractivity contribution is 6.27. The lowest BCUT2D eigenvalue weighted by atomic mass is 10.4. The topological polar surface area (TPSA) is 57.2 Å². The first-order valence-electron chi connectivity index (χ1n) is 7.94. The Morgan fingerprint density at radius 1 is 1.32 bits per heavy atom. The molecule has 2 atom stereocenters. The predicted molar refractivity (Wildman–Crippen MR) is 83.9 cm³/mol. The van der Waals surface area contributed by atoms with Gasteiger partial charge < -0.3 is 23.8 Å². The fraction of sp³-hybridized carbons (Fsp3) is 0.933. The van der Waals surface area contributed by atoms with E-state index < -0.39 is 12.6 Å². The summed E-state index contributed by atoms with van der Waals surface area (Å²) in [5.41, 5.74) is 0. The van der Waals surface area contributed by atoms with Gasteiger partial charge in [0.1, 0.15) is 5.88 Å². The van der Waals surface area contributed by atoms with Gasteiger partial charge in [0.2, 0.25) is 5.91 Å². The average molecular weight is 338 g/mol. The summed E-state index contributed by atoms with van der Waals surface area (Å²) in [5, 5.41) is 0. The highest BCUT2D eigenvalue weighted by Gasteiger charge is 2.28. The van der Waals surface area contributed by atoms with Crippen molar-refractivity contribution in [2.24, 2.45) is 0 Å². The van der Waals surface area contributed by atoms with Crippen molar-refractivity contribution in [2.45, 2.75) is 52.3 Å². The number of carbonyl (C=O) groups is 1. The number of halogens is 1. The number of hydrogen-bond acceptors (Lipinski definition) is 5. The van der Waals surface area contributed by atoms with E-state index in [1.807, 2.05) is 20.8 Å². The Kier molecular flexibility index (Phi) is 9.99. The summed E-state index contributed by atoms with van der Waals surface area (Å²) in [6, 6.07) is 0. The van der Waals surface area contributed by atoms with Crippen LogP contribution in [0.25, 0.3) is 0 Å². The van der Waals surface area contributed by atoms with Gasteiger partial charge in [-0.25, -0.2) is 0 Å². The second-order valence-electron chi connectivity index (χ2n) is 5.31. The lowest BCUT2D eigenvalue weighted by molar-refractivity contribution is -0.168. The molecule has 0 aliphatic carbocycles. The van der Waals surface area contributed by atoms with Gasteiger partial charge in [0.25, 0.3) is 0 Å². The highest BCUT2D eigenvalue weighted by Crippen LogP contribution is 2.13. The molecule has 130 valence electrons. The van der Waals surface area contributed by atoms with Crippen molar-refractivity contribution in [1.82, 2.24) is 4.90 Å². The molecule has 0 aromatic carbocycles. The molecule has 0 spiro atoms. The Hall–Kier alpha value is -0.400. The molecular weight excluding hydrogens is 310 g/mol. The first-order valence-corrected chi connectivity index (χ1v) is 8.48. The van der Waals surface area contributed by atoms with Crippen molar-refractivity contribution in [3.05, 3.63) is 0 Å². The Morgan fingerprint density at radius 3 is 2.41 bits per heavy atom. The van der Waals surface area contributed by atoms with Gasteiger partial charge in [-0.05, 0) is 19.8 Å². The minimum atomic E-state index is -0.453. The molecule has 1 rings (SSSR count). The predicted octanol–water partition coefficient (Wildman–Crippen LogP) is 1.99. The van der Waals surface area contributed by atoms with E-state index in [-0.39, 0.29) is 17.9 Å². The smallest absolute Gasteiger partial charge is 0.237 e. The highest BCUT2D eigenvalue weighted by atomic mass is 35.5. The number of alkyl halides is 1. The van der Waals surface area contributed by atoms with Crippen LogP contribution in [0.5, 0.6) is 0 Å². The van der Waals surface area contributed by atoms with Gasteiger partial charge >= 0.3 is 0 Å². The first kappa shape index (κ1) is 19.6. The van der Waals surface area contributed by atoms with Crippen LogP contribution in [0.1, 0.15) is 33.6 Å². The Bertz CT molecular complexity index is 310. The Morgan fingerprint density at radius 2 is 1.95 bits per heavy atom. The number of ether oxygens (including phenoxy) is 4. The molecule has 0 N–H and O–H groups in total. The molecule has 1 saturated heterocycles. The minimum absolute atomic E-state index is 0.0430. The third-order valence-electron chi connectivity index (χ3n) is 3.12. The van der Waals surface area contributed by atoms with Crippen molar-refractivity contribution in [3.8, 4) is 0 Å². The van der Waals surface area contributed by atoms with Crippen LogP contribution in [-0.4, -0.2) is 68.3 Å². The van der Waals surface area contributed by atoms with E-state index in [9.17, 15) is 4.79 Å². The maximum absolute atomic E-state index is 12.0. The molecule has 7 heteroatoms. The second-order valence-corrected chi connectivity index (χ2v) is 5.58. The zero-order valence-electron chi connectivity index (χ0n) is 13.8. The van der Waals surface area contributed by atoms with E-state index in [2.05, 4.69) is 0 Å². The fourth-order valence-corrected chi connectivity index (χ4v) is 2.22. The van der Waals surface area contributed by atoms with E-state index in [0.29, 0.717) is 32.9 Å². The molecule has 1 aliphatic heterocycles. The van der Waals surface area contributed by atoms with E-state index in [1.54, 1.807) is 4.90 Å². The SMILES string of the molecule is CCCOC(CN(CC1OCC(C)O1)C(=O)CCl)OCCC. The van der Waals surface area contributed by atoms with Crippen molar-refractivity contribution in [2.75, 3.05) is 38.8 Å². The van der Waals surface area contributed by atoms with Gasteiger partial charge in [0.05, 0.1) is 25.8 Å². The molecule has 0 aromatic heterocycles. The third-order valence-corrected chi connectivity index (χ3v) is 3.35. The standard InChI is InChI=1S/C15H28ClNO5/c1-4-6-19-14(20-7-5-2)9-17(13(18)8-16)10-15-21-11-12(3)22-15/h12,14-15H,4-11H2,1-3H3.